The Morgan fingerprint density at radius 2 is 1.58 bits per heavy atom. The monoisotopic (exact) mass is 401 g/mol. The van der Waals surface area contributed by atoms with Crippen LogP contribution in [0, 0.1) is 6.92 Å². The summed E-state index contributed by atoms with van der Waals surface area (Å²) in [5.74, 6) is 0. The molecule has 4 aromatic carbocycles. The number of furan rings is 1. The van der Waals surface area contributed by atoms with Crippen molar-refractivity contribution in [2.75, 3.05) is 11.9 Å². The molecule has 6 aromatic rings. The summed E-state index contributed by atoms with van der Waals surface area (Å²) in [5.41, 5.74) is 8.26. The van der Waals surface area contributed by atoms with Crippen LogP contribution in [0.3, 0.4) is 0 Å². The standard InChI is InChI=1S/C28H21N2O/c1-16-18-9-5-4-8-17(18)14-22-25(16)27-26-20(12-13-29(27)2)28-21(15-23(26)30(22)3)19-10-6-7-11-24(19)31-28/h4-15H,1-3H3/q+1. The normalized spacial score (nSPS) is 12.9. The summed E-state index contributed by atoms with van der Waals surface area (Å²) in [4.78, 5) is 2.35. The van der Waals surface area contributed by atoms with E-state index in [0.29, 0.717) is 0 Å². The average Bonchev–Trinajstić information content (AvgIpc) is 3.17. The smallest absolute Gasteiger partial charge is 0.224 e. The van der Waals surface area contributed by atoms with Gasteiger partial charge in [0.1, 0.15) is 18.2 Å². The van der Waals surface area contributed by atoms with Gasteiger partial charge in [-0.3, -0.25) is 0 Å². The predicted octanol–water partition coefficient (Wildman–Crippen LogP) is 6.77. The highest BCUT2D eigenvalue weighted by molar-refractivity contribution is 6.23. The highest BCUT2D eigenvalue weighted by atomic mass is 16.3. The number of benzene rings is 4. The number of rotatable bonds is 0. The van der Waals surface area contributed by atoms with Crippen LogP contribution in [-0.2, 0) is 7.05 Å². The van der Waals surface area contributed by atoms with Gasteiger partial charge in [0.25, 0.3) is 0 Å². The number of nitrogens with zero attached hydrogens (tertiary/aromatic N) is 2. The molecular formula is C28H21N2O+. The molecule has 0 saturated heterocycles. The molecule has 31 heavy (non-hydrogen) atoms. The quantitative estimate of drug-likeness (QED) is 0.262. The Morgan fingerprint density at radius 1 is 0.806 bits per heavy atom. The lowest BCUT2D eigenvalue weighted by molar-refractivity contribution is -0.659. The van der Waals surface area contributed by atoms with Crippen LogP contribution in [0.15, 0.2) is 77.3 Å². The summed E-state index contributed by atoms with van der Waals surface area (Å²) in [5, 5.41) is 7.34. The Hall–Kier alpha value is -3.85. The van der Waals surface area contributed by atoms with E-state index in [2.05, 4.69) is 97.3 Å². The first-order chi connectivity index (χ1) is 15.1. The van der Waals surface area contributed by atoms with Gasteiger partial charge in [-0.15, -0.1) is 0 Å². The number of pyridine rings is 1. The molecule has 3 heterocycles. The molecule has 0 spiro atoms. The molecule has 0 fully saturated rings. The van der Waals surface area contributed by atoms with Crippen molar-refractivity contribution >= 4 is 54.9 Å². The zero-order chi connectivity index (χ0) is 20.9. The van der Waals surface area contributed by atoms with Crippen molar-refractivity contribution in [3.63, 3.8) is 0 Å². The summed E-state index contributed by atoms with van der Waals surface area (Å²) in [6, 6.07) is 23.8. The molecular weight excluding hydrogens is 380 g/mol. The van der Waals surface area contributed by atoms with E-state index in [1.807, 2.05) is 6.07 Å². The van der Waals surface area contributed by atoms with Gasteiger partial charge in [-0.2, -0.15) is 0 Å². The maximum atomic E-state index is 6.38. The minimum Gasteiger partial charge on any atom is -0.455 e. The molecule has 2 aromatic heterocycles. The van der Waals surface area contributed by atoms with Gasteiger partial charge >= 0.3 is 0 Å². The van der Waals surface area contributed by atoms with Gasteiger partial charge in [-0.1, -0.05) is 42.5 Å². The molecule has 0 saturated carbocycles. The van der Waals surface area contributed by atoms with E-state index >= 15 is 0 Å². The zero-order valence-electron chi connectivity index (χ0n) is 17.7. The van der Waals surface area contributed by atoms with Crippen LogP contribution in [-0.4, -0.2) is 7.05 Å². The van der Waals surface area contributed by atoms with Crippen molar-refractivity contribution in [2.24, 2.45) is 7.05 Å². The third-order valence-electron chi connectivity index (χ3n) is 6.99. The van der Waals surface area contributed by atoms with Gasteiger partial charge in [-0.25, -0.2) is 4.57 Å². The Bertz CT molecular complexity index is 1720. The molecule has 3 heteroatoms. The van der Waals surface area contributed by atoms with Gasteiger partial charge < -0.3 is 9.32 Å². The summed E-state index contributed by atoms with van der Waals surface area (Å²) in [6.45, 7) is 2.25. The second kappa shape index (κ2) is 5.64. The second-order valence-corrected chi connectivity index (χ2v) is 8.61. The van der Waals surface area contributed by atoms with Crippen molar-refractivity contribution in [1.29, 1.82) is 0 Å². The number of fused-ring (bicyclic) bond motifs is 7. The third-order valence-corrected chi connectivity index (χ3v) is 6.99. The highest BCUT2D eigenvalue weighted by Crippen LogP contribution is 2.51. The molecule has 0 unspecified atom stereocenters. The Labute approximate surface area is 179 Å². The van der Waals surface area contributed by atoms with Gasteiger partial charge in [-0.05, 0) is 41.5 Å². The minimum atomic E-state index is 0.937. The first kappa shape index (κ1) is 16.9. The molecule has 7 rings (SSSR count). The first-order valence-electron chi connectivity index (χ1n) is 10.7. The number of para-hydroxylation sites is 1. The average molecular weight is 401 g/mol. The van der Waals surface area contributed by atoms with Crippen LogP contribution in [0.2, 0.25) is 0 Å². The fourth-order valence-corrected chi connectivity index (χ4v) is 5.48. The number of aryl methyl sites for hydroxylation is 2. The molecule has 0 bridgehead atoms. The molecule has 3 nitrogen and oxygen atoms in total. The lowest BCUT2D eigenvalue weighted by Gasteiger charge is -2.30. The van der Waals surface area contributed by atoms with Gasteiger partial charge in [0, 0.05) is 29.3 Å². The van der Waals surface area contributed by atoms with Crippen LogP contribution < -0.4 is 9.47 Å². The molecule has 0 aliphatic carbocycles. The van der Waals surface area contributed by atoms with Crippen molar-refractivity contribution in [1.82, 2.24) is 0 Å². The van der Waals surface area contributed by atoms with Crippen molar-refractivity contribution in [3.8, 4) is 11.3 Å². The third kappa shape index (κ3) is 2.01. The van der Waals surface area contributed by atoms with Gasteiger partial charge in [0.15, 0.2) is 6.20 Å². The van der Waals surface area contributed by atoms with E-state index in [4.69, 9.17) is 4.42 Å². The first-order valence-corrected chi connectivity index (χ1v) is 10.7. The number of anilines is 2. The van der Waals surface area contributed by atoms with Crippen molar-refractivity contribution in [3.05, 3.63) is 78.5 Å². The Morgan fingerprint density at radius 3 is 2.45 bits per heavy atom. The minimum absolute atomic E-state index is 0.937. The van der Waals surface area contributed by atoms with Crippen LogP contribution in [0.1, 0.15) is 5.56 Å². The molecule has 1 aliphatic heterocycles. The number of aromatic nitrogens is 1. The van der Waals surface area contributed by atoms with Crippen LogP contribution >= 0.6 is 0 Å². The number of hydrogen-bond donors (Lipinski definition) is 0. The van der Waals surface area contributed by atoms with E-state index in [-0.39, 0.29) is 0 Å². The largest absolute Gasteiger partial charge is 0.455 e. The van der Waals surface area contributed by atoms with E-state index in [1.54, 1.807) is 0 Å². The van der Waals surface area contributed by atoms with Gasteiger partial charge in [0.05, 0.1) is 22.3 Å². The molecule has 0 N–H and O–H groups in total. The maximum Gasteiger partial charge on any atom is 0.224 e. The fourth-order valence-electron chi connectivity index (χ4n) is 5.48. The van der Waals surface area contributed by atoms with Crippen LogP contribution in [0.4, 0.5) is 11.4 Å². The zero-order valence-corrected chi connectivity index (χ0v) is 17.7. The van der Waals surface area contributed by atoms with Crippen LogP contribution in [0.25, 0.3) is 54.7 Å². The van der Waals surface area contributed by atoms with Crippen molar-refractivity contribution in [2.45, 2.75) is 6.92 Å². The van der Waals surface area contributed by atoms with Gasteiger partial charge in [0.2, 0.25) is 5.69 Å². The lowest BCUT2D eigenvalue weighted by Crippen LogP contribution is -2.33. The molecule has 1 aliphatic rings. The molecule has 0 atom stereocenters. The molecule has 0 amide bonds. The number of hydrogen-bond acceptors (Lipinski definition) is 2. The van der Waals surface area contributed by atoms with Crippen molar-refractivity contribution < 1.29 is 8.98 Å². The maximum absolute atomic E-state index is 6.38. The predicted molar refractivity (Wildman–Crippen MR) is 128 cm³/mol. The Kier molecular flexibility index (Phi) is 3.07. The molecule has 0 radical (unpaired) electrons. The SMILES string of the molecule is Cc1c2c(cc3ccccc13)N(C)c1cc3c4ccccc4oc3c3cc[n+](C)c-2c13. The summed E-state index contributed by atoms with van der Waals surface area (Å²) >= 11 is 0. The van der Waals surface area contributed by atoms with E-state index in [0.717, 1.165) is 11.2 Å². The summed E-state index contributed by atoms with van der Waals surface area (Å²) < 4.78 is 8.64. The van der Waals surface area contributed by atoms with E-state index in [9.17, 15) is 0 Å². The van der Waals surface area contributed by atoms with Crippen LogP contribution in [0.5, 0.6) is 0 Å². The summed E-state index contributed by atoms with van der Waals surface area (Å²) in [7, 11) is 4.33. The topological polar surface area (TPSA) is 20.3 Å². The van der Waals surface area contributed by atoms with E-state index < -0.39 is 0 Å². The van der Waals surface area contributed by atoms with E-state index in [1.165, 1.54) is 60.5 Å². The molecule has 148 valence electrons. The highest BCUT2D eigenvalue weighted by Gasteiger charge is 2.33. The lowest BCUT2D eigenvalue weighted by atomic mass is 9.88. The second-order valence-electron chi connectivity index (χ2n) is 8.61. The fraction of sp³-hybridized carbons (Fsp3) is 0.107. The Balaban J connectivity index is 1.74. The summed E-state index contributed by atoms with van der Waals surface area (Å²) in [6.07, 6.45) is 2.16.